The van der Waals surface area contributed by atoms with Gasteiger partial charge in [0.2, 0.25) is 5.91 Å². The van der Waals surface area contributed by atoms with Crippen LogP contribution in [0.3, 0.4) is 0 Å². The Hall–Kier alpha value is -1.49. The van der Waals surface area contributed by atoms with Gasteiger partial charge in [0.1, 0.15) is 11.6 Å². The van der Waals surface area contributed by atoms with Crippen molar-refractivity contribution in [1.82, 2.24) is 10.2 Å². The molecule has 1 aliphatic rings. The van der Waals surface area contributed by atoms with E-state index in [0.717, 1.165) is 11.3 Å². The molecule has 1 aromatic carbocycles. The second kappa shape index (κ2) is 5.87. The first-order valence-electron chi connectivity index (χ1n) is 6.65. The van der Waals surface area contributed by atoms with Gasteiger partial charge in [-0.25, -0.2) is 0 Å². The predicted octanol–water partition coefficient (Wildman–Crippen LogP) is 1.83. The SMILES string of the molecule is CSCCN1C(=O)C(c2ccccc2)NC(=O)C1(C)C. The highest BCUT2D eigenvalue weighted by Gasteiger charge is 2.46. The summed E-state index contributed by atoms with van der Waals surface area (Å²) >= 11 is 1.67. The lowest BCUT2D eigenvalue weighted by Crippen LogP contribution is -2.65. The molecule has 0 saturated carbocycles. The summed E-state index contributed by atoms with van der Waals surface area (Å²) in [4.78, 5) is 26.7. The van der Waals surface area contributed by atoms with Gasteiger partial charge in [0.15, 0.2) is 0 Å². The zero-order chi connectivity index (χ0) is 14.8. The standard InChI is InChI=1S/C15H20N2O2S/c1-15(2)14(19)16-12(11-7-5-4-6-8-11)13(18)17(15)9-10-20-3/h4-8,12H,9-10H2,1-3H3,(H,16,19). The molecule has 0 spiro atoms. The number of nitrogens with one attached hydrogen (secondary N) is 1. The third kappa shape index (κ3) is 2.68. The van der Waals surface area contributed by atoms with Gasteiger partial charge in [0.25, 0.3) is 5.91 Å². The highest BCUT2D eigenvalue weighted by atomic mass is 32.2. The molecule has 0 bridgehead atoms. The first-order valence-corrected chi connectivity index (χ1v) is 8.04. The Kier molecular flexibility index (Phi) is 4.38. The Morgan fingerprint density at radius 1 is 1.25 bits per heavy atom. The van der Waals surface area contributed by atoms with E-state index in [-0.39, 0.29) is 11.8 Å². The average Bonchev–Trinajstić information content (AvgIpc) is 2.44. The molecular weight excluding hydrogens is 272 g/mol. The molecule has 0 aromatic heterocycles. The number of thioether (sulfide) groups is 1. The summed E-state index contributed by atoms with van der Waals surface area (Å²) in [6.07, 6.45) is 2.00. The molecule has 4 nitrogen and oxygen atoms in total. The molecule has 2 amide bonds. The minimum absolute atomic E-state index is 0.0325. The summed E-state index contributed by atoms with van der Waals surface area (Å²) in [7, 11) is 0. The van der Waals surface area contributed by atoms with Crippen molar-refractivity contribution in [3.8, 4) is 0 Å². The van der Waals surface area contributed by atoms with Crippen molar-refractivity contribution in [3.63, 3.8) is 0 Å². The number of rotatable bonds is 4. The van der Waals surface area contributed by atoms with Crippen LogP contribution in [0, 0.1) is 0 Å². The second-order valence-corrected chi connectivity index (χ2v) is 6.34. The molecule has 2 rings (SSSR count). The molecule has 1 fully saturated rings. The van der Waals surface area contributed by atoms with Crippen molar-refractivity contribution in [1.29, 1.82) is 0 Å². The molecule has 1 aliphatic heterocycles. The van der Waals surface area contributed by atoms with Crippen molar-refractivity contribution < 1.29 is 9.59 Å². The summed E-state index contributed by atoms with van der Waals surface area (Å²) in [6.45, 7) is 4.17. The molecule has 1 atom stereocenters. The van der Waals surface area contributed by atoms with Crippen LogP contribution in [0.1, 0.15) is 25.5 Å². The molecule has 1 saturated heterocycles. The fourth-order valence-electron chi connectivity index (χ4n) is 2.37. The van der Waals surface area contributed by atoms with Crippen LogP contribution in [0.15, 0.2) is 30.3 Å². The maximum atomic E-state index is 12.7. The lowest BCUT2D eigenvalue weighted by Gasteiger charge is -2.44. The van der Waals surface area contributed by atoms with Gasteiger partial charge in [-0.05, 0) is 25.7 Å². The number of amides is 2. The zero-order valence-electron chi connectivity index (χ0n) is 12.1. The summed E-state index contributed by atoms with van der Waals surface area (Å²) in [5, 5.41) is 2.84. The fraction of sp³-hybridized carbons (Fsp3) is 0.467. The summed E-state index contributed by atoms with van der Waals surface area (Å²) in [5.41, 5.74) is 0.0356. The Morgan fingerprint density at radius 3 is 2.50 bits per heavy atom. The van der Waals surface area contributed by atoms with Crippen molar-refractivity contribution in [2.75, 3.05) is 18.6 Å². The second-order valence-electron chi connectivity index (χ2n) is 5.36. The molecule has 108 valence electrons. The topological polar surface area (TPSA) is 49.4 Å². The van der Waals surface area contributed by atoms with Crippen LogP contribution >= 0.6 is 11.8 Å². The predicted molar refractivity (Wildman–Crippen MR) is 81.5 cm³/mol. The van der Waals surface area contributed by atoms with E-state index in [9.17, 15) is 9.59 Å². The minimum atomic E-state index is -0.794. The number of nitrogens with zero attached hydrogens (tertiary/aromatic N) is 1. The van der Waals surface area contributed by atoms with Crippen molar-refractivity contribution >= 4 is 23.6 Å². The maximum absolute atomic E-state index is 12.7. The third-order valence-corrected chi connectivity index (χ3v) is 4.26. The lowest BCUT2D eigenvalue weighted by molar-refractivity contribution is -0.155. The maximum Gasteiger partial charge on any atom is 0.250 e. The van der Waals surface area contributed by atoms with Gasteiger partial charge >= 0.3 is 0 Å². The molecule has 20 heavy (non-hydrogen) atoms. The number of hydrogen-bond donors (Lipinski definition) is 1. The van der Waals surface area contributed by atoms with Crippen molar-refractivity contribution in [2.45, 2.75) is 25.4 Å². The third-order valence-electron chi connectivity index (χ3n) is 3.67. The Balaban J connectivity index is 2.30. The van der Waals surface area contributed by atoms with Crippen molar-refractivity contribution in [2.24, 2.45) is 0 Å². The van der Waals surface area contributed by atoms with Gasteiger partial charge in [0, 0.05) is 12.3 Å². The van der Waals surface area contributed by atoms with E-state index >= 15 is 0 Å². The molecular formula is C15H20N2O2S. The Labute approximate surface area is 123 Å². The quantitative estimate of drug-likeness (QED) is 0.921. The van der Waals surface area contributed by atoms with Crippen LogP contribution in [0.5, 0.6) is 0 Å². The van der Waals surface area contributed by atoms with Gasteiger partial charge in [0.05, 0.1) is 0 Å². The van der Waals surface area contributed by atoms with Gasteiger partial charge in [-0.1, -0.05) is 30.3 Å². The van der Waals surface area contributed by atoms with Crippen molar-refractivity contribution in [3.05, 3.63) is 35.9 Å². The fourth-order valence-corrected chi connectivity index (χ4v) is 2.73. The number of piperazine rings is 1. The largest absolute Gasteiger partial charge is 0.338 e. The van der Waals surface area contributed by atoms with Gasteiger partial charge in [-0.2, -0.15) is 11.8 Å². The average molecular weight is 292 g/mol. The van der Waals surface area contributed by atoms with Gasteiger partial charge < -0.3 is 10.2 Å². The smallest absolute Gasteiger partial charge is 0.250 e. The number of carbonyl (C=O) groups excluding carboxylic acids is 2. The van der Waals surface area contributed by atoms with E-state index in [1.54, 1.807) is 30.5 Å². The summed E-state index contributed by atoms with van der Waals surface area (Å²) in [5.74, 6) is 0.686. The summed E-state index contributed by atoms with van der Waals surface area (Å²) < 4.78 is 0. The monoisotopic (exact) mass is 292 g/mol. The van der Waals surface area contributed by atoms with E-state index < -0.39 is 11.6 Å². The minimum Gasteiger partial charge on any atom is -0.338 e. The van der Waals surface area contributed by atoms with Crippen LogP contribution in [-0.4, -0.2) is 40.8 Å². The molecule has 5 heteroatoms. The van der Waals surface area contributed by atoms with Crippen LogP contribution in [0.25, 0.3) is 0 Å². The molecule has 0 aliphatic carbocycles. The molecule has 1 N–H and O–H groups in total. The van der Waals surface area contributed by atoms with Gasteiger partial charge in [-0.15, -0.1) is 0 Å². The number of hydrogen-bond acceptors (Lipinski definition) is 3. The first kappa shape index (κ1) is 14.9. The molecule has 0 radical (unpaired) electrons. The molecule has 1 heterocycles. The van der Waals surface area contributed by atoms with E-state index in [4.69, 9.17) is 0 Å². The zero-order valence-corrected chi connectivity index (χ0v) is 12.9. The molecule has 1 aromatic rings. The van der Waals surface area contributed by atoms with E-state index in [1.807, 2.05) is 36.6 Å². The number of carbonyl (C=O) groups is 2. The van der Waals surface area contributed by atoms with E-state index in [2.05, 4.69) is 5.32 Å². The van der Waals surface area contributed by atoms with Gasteiger partial charge in [-0.3, -0.25) is 9.59 Å². The number of benzene rings is 1. The first-order chi connectivity index (χ1) is 9.48. The summed E-state index contributed by atoms with van der Waals surface area (Å²) in [6, 6.07) is 8.82. The Morgan fingerprint density at radius 2 is 1.90 bits per heavy atom. The molecule has 1 unspecified atom stereocenters. The van der Waals surface area contributed by atoms with Crippen LogP contribution in [0.2, 0.25) is 0 Å². The van der Waals surface area contributed by atoms with Crippen LogP contribution in [0.4, 0.5) is 0 Å². The normalized spacial score (nSPS) is 21.8. The van der Waals surface area contributed by atoms with Crippen LogP contribution < -0.4 is 5.32 Å². The lowest BCUT2D eigenvalue weighted by atomic mass is 9.93. The highest BCUT2D eigenvalue weighted by Crippen LogP contribution is 2.28. The highest BCUT2D eigenvalue weighted by molar-refractivity contribution is 7.98. The Bertz CT molecular complexity index is 502. The van der Waals surface area contributed by atoms with E-state index in [1.165, 1.54) is 0 Å². The van der Waals surface area contributed by atoms with E-state index in [0.29, 0.717) is 6.54 Å². The van der Waals surface area contributed by atoms with Crippen LogP contribution in [-0.2, 0) is 9.59 Å².